The van der Waals surface area contributed by atoms with E-state index < -0.39 is 0 Å². The summed E-state index contributed by atoms with van der Waals surface area (Å²) in [6.45, 7) is 2.79. The molecule has 0 radical (unpaired) electrons. The third-order valence-corrected chi connectivity index (χ3v) is 2.90. The Morgan fingerprint density at radius 3 is 2.75 bits per heavy atom. The number of ether oxygens (including phenoxy) is 2. The molecule has 0 saturated heterocycles. The zero-order chi connectivity index (χ0) is 12.0. The number of hydrogen-bond donors (Lipinski definition) is 0. The minimum Gasteiger partial charge on any atom is -0.493 e. The molecule has 0 aliphatic rings. The van der Waals surface area contributed by atoms with Gasteiger partial charge < -0.3 is 9.47 Å². The Morgan fingerprint density at radius 2 is 2.19 bits per heavy atom. The average molecular weight is 331 g/mol. The van der Waals surface area contributed by atoms with Crippen molar-refractivity contribution in [3.8, 4) is 17.6 Å². The topological polar surface area (TPSA) is 42.2 Å². The van der Waals surface area contributed by atoms with Crippen molar-refractivity contribution < 1.29 is 9.47 Å². The van der Waals surface area contributed by atoms with Gasteiger partial charge in [0.1, 0.15) is 0 Å². The maximum Gasteiger partial charge on any atom is 0.174 e. The Hall–Kier alpha value is -0.960. The van der Waals surface area contributed by atoms with Gasteiger partial charge in [0.2, 0.25) is 0 Å². The zero-order valence-corrected chi connectivity index (χ0v) is 11.6. The van der Waals surface area contributed by atoms with E-state index in [1.54, 1.807) is 19.2 Å². The van der Waals surface area contributed by atoms with E-state index in [1.165, 1.54) is 0 Å². The molecule has 3 nitrogen and oxygen atoms in total. The van der Waals surface area contributed by atoms with E-state index in [0.29, 0.717) is 17.9 Å². The van der Waals surface area contributed by atoms with Crippen LogP contribution in [-0.4, -0.2) is 13.7 Å². The third kappa shape index (κ3) is 3.27. The predicted octanol–water partition coefficient (Wildman–Crippen LogP) is 3.35. The Balaban J connectivity index is 2.94. The molecule has 16 heavy (non-hydrogen) atoms. The van der Waals surface area contributed by atoms with Crippen molar-refractivity contribution in [2.45, 2.75) is 19.8 Å². The van der Waals surface area contributed by atoms with Crippen LogP contribution in [0.3, 0.4) is 0 Å². The van der Waals surface area contributed by atoms with E-state index in [9.17, 15) is 0 Å². The molecule has 0 aromatic heterocycles. The van der Waals surface area contributed by atoms with Crippen LogP contribution in [0.5, 0.6) is 11.5 Å². The summed E-state index contributed by atoms with van der Waals surface area (Å²) in [6.07, 6.45) is 2.11. The Bertz CT molecular complexity index is 399. The van der Waals surface area contributed by atoms with Crippen LogP contribution in [0.4, 0.5) is 0 Å². The first-order valence-corrected chi connectivity index (χ1v) is 6.21. The summed E-state index contributed by atoms with van der Waals surface area (Å²) in [4.78, 5) is 0. The second-order valence-electron chi connectivity index (χ2n) is 3.30. The molecule has 0 aliphatic carbocycles. The molecular formula is C12H14INO2. The molecule has 0 amide bonds. The molecular weight excluding hydrogens is 317 g/mol. The summed E-state index contributed by atoms with van der Waals surface area (Å²) in [6, 6.07) is 5.59. The van der Waals surface area contributed by atoms with Gasteiger partial charge in [-0.2, -0.15) is 5.26 Å². The lowest BCUT2D eigenvalue weighted by molar-refractivity contribution is 0.286. The van der Waals surface area contributed by atoms with Gasteiger partial charge >= 0.3 is 0 Å². The SMILES string of the molecule is CCCCOc1c(I)cc(C#N)cc1OC. The summed E-state index contributed by atoms with van der Waals surface area (Å²) < 4.78 is 11.8. The Morgan fingerprint density at radius 1 is 1.44 bits per heavy atom. The fourth-order valence-electron chi connectivity index (χ4n) is 1.24. The quantitative estimate of drug-likeness (QED) is 0.614. The van der Waals surface area contributed by atoms with Crippen molar-refractivity contribution in [3.63, 3.8) is 0 Å². The van der Waals surface area contributed by atoms with Crippen LogP contribution in [0.15, 0.2) is 12.1 Å². The fraction of sp³-hybridized carbons (Fsp3) is 0.417. The van der Waals surface area contributed by atoms with E-state index in [4.69, 9.17) is 14.7 Å². The van der Waals surface area contributed by atoms with Crippen molar-refractivity contribution in [2.24, 2.45) is 0 Å². The third-order valence-electron chi connectivity index (χ3n) is 2.10. The molecule has 0 spiro atoms. The average Bonchev–Trinajstić information content (AvgIpc) is 2.30. The lowest BCUT2D eigenvalue weighted by atomic mass is 10.2. The predicted molar refractivity (Wildman–Crippen MR) is 70.8 cm³/mol. The first-order chi connectivity index (χ1) is 7.72. The van der Waals surface area contributed by atoms with Crippen molar-refractivity contribution in [1.29, 1.82) is 5.26 Å². The molecule has 1 aromatic carbocycles. The van der Waals surface area contributed by atoms with Crippen LogP contribution in [0.25, 0.3) is 0 Å². The van der Waals surface area contributed by atoms with E-state index in [1.807, 2.05) is 0 Å². The van der Waals surface area contributed by atoms with Crippen LogP contribution in [0.2, 0.25) is 0 Å². The number of halogens is 1. The van der Waals surface area contributed by atoms with Crippen LogP contribution in [-0.2, 0) is 0 Å². The second kappa shape index (κ2) is 6.59. The monoisotopic (exact) mass is 331 g/mol. The minimum absolute atomic E-state index is 0.587. The lowest BCUT2D eigenvalue weighted by Crippen LogP contribution is -2.01. The van der Waals surface area contributed by atoms with Gasteiger partial charge in [0.15, 0.2) is 11.5 Å². The van der Waals surface area contributed by atoms with E-state index in [2.05, 4.69) is 35.6 Å². The van der Waals surface area contributed by atoms with Gasteiger partial charge in [-0.1, -0.05) is 13.3 Å². The summed E-state index contributed by atoms with van der Waals surface area (Å²) in [7, 11) is 1.58. The van der Waals surface area contributed by atoms with Crippen molar-refractivity contribution >= 4 is 22.6 Å². The lowest BCUT2D eigenvalue weighted by Gasteiger charge is -2.12. The number of benzene rings is 1. The highest BCUT2D eigenvalue weighted by atomic mass is 127. The van der Waals surface area contributed by atoms with Crippen LogP contribution >= 0.6 is 22.6 Å². The molecule has 86 valence electrons. The van der Waals surface area contributed by atoms with Crippen molar-refractivity contribution in [2.75, 3.05) is 13.7 Å². The molecule has 1 rings (SSSR count). The molecule has 0 atom stereocenters. The van der Waals surface area contributed by atoms with E-state index in [-0.39, 0.29) is 0 Å². The molecule has 0 N–H and O–H groups in total. The molecule has 4 heteroatoms. The molecule has 0 bridgehead atoms. The second-order valence-corrected chi connectivity index (χ2v) is 4.47. The number of nitrogens with zero attached hydrogens (tertiary/aromatic N) is 1. The van der Waals surface area contributed by atoms with Gasteiger partial charge in [-0.25, -0.2) is 0 Å². The molecule has 1 aromatic rings. The van der Waals surface area contributed by atoms with Gasteiger partial charge in [0.25, 0.3) is 0 Å². The maximum atomic E-state index is 8.84. The standard InChI is InChI=1S/C12H14INO2/c1-3-4-5-16-12-10(13)6-9(8-14)7-11(12)15-2/h6-7H,3-5H2,1-2H3. The molecule has 0 aliphatic heterocycles. The van der Waals surface area contributed by atoms with Crippen LogP contribution in [0.1, 0.15) is 25.3 Å². The molecule has 0 heterocycles. The number of hydrogen-bond acceptors (Lipinski definition) is 3. The summed E-state index contributed by atoms with van der Waals surface area (Å²) in [5, 5.41) is 8.84. The van der Waals surface area contributed by atoms with Gasteiger partial charge in [-0.15, -0.1) is 0 Å². The van der Waals surface area contributed by atoms with Gasteiger partial charge in [0, 0.05) is 6.07 Å². The number of unbranched alkanes of at least 4 members (excludes halogenated alkanes) is 1. The normalized spacial score (nSPS) is 9.62. The van der Waals surface area contributed by atoms with Crippen molar-refractivity contribution in [3.05, 3.63) is 21.3 Å². The highest BCUT2D eigenvalue weighted by Gasteiger charge is 2.11. The largest absolute Gasteiger partial charge is 0.493 e. The molecule has 0 unspecified atom stereocenters. The minimum atomic E-state index is 0.587. The zero-order valence-electron chi connectivity index (χ0n) is 9.42. The number of methoxy groups -OCH3 is 1. The number of nitriles is 1. The first-order valence-electron chi connectivity index (χ1n) is 5.13. The van der Waals surface area contributed by atoms with Gasteiger partial charge in [-0.05, 0) is 35.1 Å². The summed E-state index contributed by atoms with van der Waals surface area (Å²) in [5.74, 6) is 1.36. The molecule has 0 fully saturated rings. The molecule has 0 saturated carbocycles. The van der Waals surface area contributed by atoms with Gasteiger partial charge in [-0.3, -0.25) is 0 Å². The van der Waals surface area contributed by atoms with Crippen LogP contribution in [0, 0.1) is 14.9 Å². The van der Waals surface area contributed by atoms with E-state index in [0.717, 1.165) is 22.2 Å². The first kappa shape index (κ1) is 13.1. The fourth-order valence-corrected chi connectivity index (χ4v) is 2.00. The van der Waals surface area contributed by atoms with Crippen molar-refractivity contribution in [1.82, 2.24) is 0 Å². The summed E-state index contributed by atoms with van der Waals surface area (Å²) in [5.41, 5.74) is 0.587. The Labute approximate surface area is 110 Å². The highest BCUT2D eigenvalue weighted by molar-refractivity contribution is 14.1. The van der Waals surface area contributed by atoms with E-state index >= 15 is 0 Å². The Kier molecular flexibility index (Phi) is 5.39. The highest BCUT2D eigenvalue weighted by Crippen LogP contribution is 2.33. The summed E-state index contributed by atoms with van der Waals surface area (Å²) >= 11 is 2.15. The maximum absolute atomic E-state index is 8.84. The smallest absolute Gasteiger partial charge is 0.174 e. The number of rotatable bonds is 5. The van der Waals surface area contributed by atoms with Gasteiger partial charge in [0.05, 0.1) is 28.9 Å². The van der Waals surface area contributed by atoms with Crippen LogP contribution < -0.4 is 9.47 Å².